The molecule has 1 N–H and O–H groups in total. The normalized spacial score (nSPS) is 11.6. The van der Waals surface area contributed by atoms with Crippen molar-refractivity contribution in [3.63, 3.8) is 0 Å². The summed E-state index contributed by atoms with van der Waals surface area (Å²) in [6, 6.07) is 5.89. The first-order valence-electron chi connectivity index (χ1n) is 5.85. The molecule has 0 aliphatic heterocycles. The minimum Gasteiger partial charge on any atom is -0.507 e. The van der Waals surface area contributed by atoms with Crippen molar-refractivity contribution >= 4 is 11.3 Å². The number of hydrogen-bond donors (Lipinski definition) is 1. The number of nitrogens with zero attached hydrogens (tertiary/aromatic N) is 1. The molecule has 0 radical (unpaired) electrons. The lowest BCUT2D eigenvalue weighted by Gasteiger charge is -2.21. The van der Waals surface area contributed by atoms with Crippen molar-refractivity contribution in [2.75, 3.05) is 18.0 Å². The van der Waals surface area contributed by atoms with E-state index in [0.29, 0.717) is 5.75 Å². The van der Waals surface area contributed by atoms with Gasteiger partial charge in [0.2, 0.25) is 0 Å². The van der Waals surface area contributed by atoms with Crippen molar-refractivity contribution in [1.82, 2.24) is 0 Å². The second-order valence-corrected chi connectivity index (χ2v) is 3.85. The quantitative estimate of drug-likeness (QED) is 0.835. The Labute approximate surface area is 98.2 Å². The zero-order chi connectivity index (χ0) is 12.1. The number of phenols is 1. The fourth-order valence-electron chi connectivity index (χ4n) is 1.79. The van der Waals surface area contributed by atoms with Crippen molar-refractivity contribution in [2.45, 2.75) is 27.7 Å². The highest BCUT2D eigenvalue weighted by molar-refractivity contribution is 5.71. The molecule has 0 spiro atoms. The maximum atomic E-state index is 9.97. The SMILES string of the molecule is C/C=C(\C)c1ccc(N(CC)CC)cc1O. The molecule has 0 fully saturated rings. The van der Waals surface area contributed by atoms with Crippen molar-refractivity contribution in [1.29, 1.82) is 0 Å². The lowest BCUT2D eigenvalue weighted by molar-refractivity contribution is 0.473. The van der Waals surface area contributed by atoms with Gasteiger partial charge in [0.05, 0.1) is 0 Å². The molecular formula is C14H21NO. The zero-order valence-electron chi connectivity index (χ0n) is 10.6. The van der Waals surface area contributed by atoms with Gasteiger partial charge in [0.15, 0.2) is 0 Å². The van der Waals surface area contributed by atoms with E-state index in [0.717, 1.165) is 29.9 Å². The molecule has 0 amide bonds. The van der Waals surface area contributed by atoms with Crippen LogP contribution >= 0.6 is 0 Å². The predicted octanol–water partition coefficient (Wildman–Crippen LogP) is 3.66. The van der Waals surface area contributed by atoms with Gasteiger partial charge in [-0.2, -0.15) is 0 Å². The van der Waals surface area contributed by atoms with E-state index in [4.69, 9.17) is 0 Å². The lowest BCUT2D eigenvalue weighted by atomic mass is 10.1. The number of rotatable bonds is 4. The molecule has 0 aromatic heterocycles. The fourth-order valence-corrected chi connectivity index (χ4v) is 1.79. The van der Waals surface area contributed by atoms with E-state index in [-0.39, 0.29) is 0 Å². The van der Waals surface area contributed by atoms with E-state index >= 15 is 0 Å². The Bertz CT molecular complexity index is 378. The first-order valence-corrected chi connectivity index (χ1v) is 5.85. The van der Waals surface area contributed by atoms with Crippen molar-refractivity contribution < 1.29 is 5.11 Å². The molecule has 0 aliphatic rings. The molecule has 0 saturated heterocycles. The van der Waals surface area contributed by atoms with Gasteiger partial charge in [-0.3, -0.25) is 0 Å². The van der Waals surface area contributed by atoms with Gasteiger partial charge in [-0.25, -0.2) is 0 Å². The van der Waals surface area contributed by atoms with Crippen LogP contribution in [0.3, 0.4) is 0 Å². The molecule has 88 valence electrons. The Morgan fingerprint density at radius 3 is 2.38 bits per heavy atom. The van der Waals surface area contributed by atoms with Crippen LogP contribution in [0.4, 0.5) is 5.69 Å². The highest BCUT2D eigenvalue weighted by atomic mass is 16.3. The van der Waals surface area contributed by atoms with E-state index in [1.54, 1.807) is 0 Å². The highest BCUT2D eigenvalue weighted by Gasteiger charge is 2.07. The van der Waals surface area contributed by atoms with Crippen LogP contribution < -0.4 is 4.90 Å². The molecule has 16 heavy (non-hydrogen) atoms. The first-order chi connectivity index (χ1) is 7.63. The monoisotopic (exact) mass is 219 g/mol. The number of phenolic OH excluding ortho intramolecular Hbond substituents is 1. The highest BCUT2D eigenvalue weighted by Crippen LogP contribution is 2.29. The molecule has 1 aromatic rings. The number of benzene rings is 1. The summed E-state index contributed by atoms with van der Waals surface area (Å²) in [7, 11) is 0. The topological polar surface area (TPSA) is 23.5 Å². The molecule has 0 atom stereocenters. The van der Waals surface area contributed by atoms with Gasteiger partial charge in [0.25, 0.3) is 0 Å². The molecule has 1 aromatic carbocycles. The van der Waals surface area contributed by atoms with E-state index in [1.807, 2.05) is 32.1 Å². The number of hydrogen-bond acceptors (Lipinski definition) is 2. The smallest absolute Gasteiger partial charge is 0.125 e. The standard InChI is InChI=1S/C14H21NO/c1-5-11(4)13-9-8-12(10-14(13)16)15(6-2)7-3/h5,8-10,16H,6-7H2,1-4H3/b11-5+. The summed E-state index contributed by atoms with van der Waals surface area (Å²) in [4.78, 5) is 2.22. The zero-order valence-corrected chi connectivity index (χ0v) is 10.6. The van der Waals surface area contributed by atoms with Gasteiger partial charge in [0.1, 0.15) is 5.75 Å². The first kappa shape index (κ1) is 12.6. The maximum absolute atomic E-state index is 9.97. The molecule has 0 saturated carbocycles. The summed E-state index contributed by atoms with van der Waals surface area (Å²) in [5, 5.41) is 9.97. The Morgan fingerprint density at radius 1 is 1.31 bits per heavy atom. The molecule has 2 nitrogen and oxygen atoms in total. The summed E-state index contributed by atoms with van der Waals surface area (Å²) in [5.74, 6) is 0.361. The van der Waals surface area contributed by atoms with Crippen molar-refractivity contribution in [2.24, 2.45) is 0 Å². The predicted molar refractivity (Wildman–Crippen MR) is 71.0 cm³/mol. The molecule has 0 heterocycles. The summed E-state index contributed by atoms with van der Waals surface area (Å²) >= 11 is 0. The van der Waals surface area contributed by atoms with Crippen molar-refractivity contribution in [3.05, 3.63) is 29.8 Å². The minimum atomic E-state index is 0.361. The van der Waals surface area contributed by atoms with Gasteiger partial charge in [0, 0.05) is 30.4 Å². The van der Waals surface area contributed by atoms with Crippen LogP contribution in [0.2, 0.25) is 0 Å². The molecule has 0 aliphatic carbocycles. The van der Waals surface area contributed by atoms with Gasteiger partial charge in [-0.05, 0) is 45.4 Å². The van der Waals surface area contributed by atoms with Crippen LogP contribution in [0.25, 0.3) is 5.57 Å². The second-order valence-electron chi connectivity index (χ2n) is 3.85. The van der Waals surface area contributed by atoms with Gasteiger partial charge in [-0.15, -0.1) is 0 Å². The average Bonchev–Trinajstić information content (AvgIpc) is 2.30. The maximum Gasteiger partial charge on any atom is 0.125 e. The fraction of sp³-hybridized carbons (Fsp3) is 0.429. The summed E-state index contributed by atoms with van der Waals surface area (Å²) in [6.45, 7) is 10.1. The van der Waals surface area contributed by atoms with Gasteiger partial charge >= 0.3 is 0 Å². The molecular weight excluding hydrogens is 198 g/mol. The lowest BCUT2D eigenvalue weighted by Crippen LogP contribution is -2.21. The molecule has 0 unspecified atom stereocenters. The van der Waals surface area contributed by atoms with Crippen LogP contribution in [-0.4, -0.2) is 18.2 Å². The van der Waals surface area contributed by atoms with E-state index in [9.17, 15) is 5.11 Å². The van der Waals surface area contributed by atoms with Crippen LogP contribution in [0.1, 0.15) is 33.3 Å². The average molecular weight is 219 g/mol. The van der Waals surface area contributed by atoms with Crippen molar-refractivity contribution in [3.8, 4) is 5.75 Å². The minimum absolute atomic E-state index is 0.361. The Balaban J connectivity index is 3.08. The number of anilines is 1. The van der Waals surface area contributed by atoms with Gasteiger partial charge in [-0.1, -0.05) is 6.08 Å². The van der Waals surface area contributed by atoms with Gasteiger partial charge < -0.3 is 10.0 Å². The third-order valence-corrected chi connectivity index (χ3v) is 2.97. The molecule has 0 bridgehead atoms. The Kier molecular flexibility index (Phi) is 4.41. The van der Waals surface area contributed by atoms with E-state index < -0.39 is 0 Å². The Hall–Kier alpha value is -1.44. The molecule has 1 rings (SSSR count). The van der Waals surface area contributed by atoms with E-state index in [1.165, 1.54) is 0 Å². The van der Waals surface area contributed by atoms with Crippen LogP contribution in [0.15, 0.2) is 24.3 Å². The third kappa shape index (κ3) is 2.57. The summed E-state index contributed by atoms with van der Waals surface area (Å²) in [5.41, 5.74) is 3.09. The summed E-state index contributed by atoms with van der Waals surface area (Å²) < 4.78 is 0. The van der Waals surface area contributed by atoms with Crippen LogP contribution in [0, 0.1) is 0 Å². The second kappa shape index (κ2) is 5.59. The van der Waals surface area contributed by atoms with Crippen LogP contribution in [-0.2, 0) is 0 Å². The third-order valence-electron chi connectivity index (χ3n) is 2.97. The summed E-state index contributed by atoms with van der Waals surface area (Å²) in [6.07, 6.45) is 2.01. The number of allylic oxidation sites excluding steroid dienone is 2. The Morgan fingerprint density at radius 2 is 1.94 bits per heavy atom. The largest absolute Gasteiger partial charge is 0.507 e. The van der Waals surface area contributed by atoms with Crippen LogP contribution in [0.5, 0.6) is 5.75 Å². The number of aromatic hydroxyl groups is 1. The van der Waals surface area contributed by atoms with E-state index in [2.05, 4.69) is 24.8 Å². The molecule has 2 heteroatoms.